The van der Waals surface area contributed by atoms with Gasteiger partial charge in [0.2, 0.25) is 0 Å². The van der Waals surface area contributed by atoms with E-state index in [0.29, 0.717) is 22.3 Å². The van der Waals surface area contributed by atoms with Gasteiger partial charge in [0.05, 0.1) is 5.69 Å². The number of nitriles is 1. The molecule has 0 aliphatic carbocycles. The molecule has 0 radical (unpaired) electrons. The molecule has 3 rings (SSSR count). The molecule has 1 N–H and O–H groups in total. The van der Waals surface area contributed by atoms with Crippen molar-refractivity contribution in [2.75, 3.05) is 6.54 Å². The number of hydrogen-bond acceptors (Lipinski definition) is 4. The third kappa shape index (κ3) is 3.57. The van der Waals surface area contributed by atoms with Gasteiger partial charge < -0.3 is 9.88 Å². The monoisotopic (exact) mass is 393 g/mol. The quantitative estimate of drug-likeness (QED) is 0.689. The normalized spacial score (nSPS) is 11.4. The number of hydrogen-bond donors (Lipinski definition) is 1. The molecule has 2 heterocycles. The van der Waals surface area contributed by atoms with Crippen LogP contribution >= 0.6 is 11.6 Å². The molecule has 0 unspecified atom stereocenters. The standard InChI is InChI=1S/C17H11ClF3N5O/c18-15-14-12(24-9-25-15)11(8-22)13(10-4-2-1-3-5-10)26(14)7-6-23-16(27)17(19,20)21/h1-5,9H,6-7H2,(H,23,27). The Bertz CT molecular complexity index is 1040. The number of aromatic nitrogens is 3. The summed E-state index contributed by atoms with van der Waals surface area (Å²) in [5.74, 6) is -2.04. The van der Waals surface area contributed by atoms with Gasteiger partial charge >= 0.3 is 12.1 Å². The number of nitrogens with one attached hydrogen (secondary N) is 1. The van der Waals surface area contributed by atoms with Crippen molar-refractivity contribution in [2.24, 2.45) is 0 Å². The molecule has 0 saturated carbocycles. The summed E-state index contributed by atoms with van der Waals surface area (Å²) < 4.78 is 38.7. The molecule has 0 spiro atoms. The minimum atomic E-state index is -4.97. The van der Waals surface area contributed by atoms with E-state index in [1.165, 1.54) is 6.33 Å². The van der Waals surface area contributed by atoms with Crippen molar-refractivity contribution in [3.63, 3.8) is 0 Å². The van der Waals surface area contributed by atoms with Gasteiger partial charge in [-0.2, -0.15) is 18.4 Å². The Hall–Kier alpha value is -3.12. The highest BCUT2D eigenvalue weighted by Crippen LogP contribution is 2.34. The van der Waals surface area contributed by atoms with Crippen molar-refractivity contribution in [3.8, 4) is 17.3 Å². The Kier molecular flexibility index (Phi) is 5.01. The van der Waals surface area contributed by atoms with E-state index in [9.17, 15) is 23.2 Å². The smallest absolute Gasteiger partial charge is 0.346 e. The van der Waals surface area contributed by atoms with Crippen LogP contribution in [0.3, 0.4) is 0 Å². The summed E-state index contributed by atoms with van der Waals surface area (Å²) in [5, 5.41) is 11.5. The van der Waals surface area contributed by atoms with Gasteiger partial charge in [0.25, 0.3) is 0 Å². The summed E-state index contributed by atoms with van der Waals surface area (Å²) in [4.78, 5) is 19.0. The number of nitrogens with zero attached hydrogens (tertiary/aromatic N) is 4. The topological polar surface area (TPSA) is 83.6 Å². The molecule has 3 aromatic rings. The van der Waals surface area contributed by atoms with E-state index in [-0.39, 0.29) is 23.8 Å². The molecule has 138 valence electrons. The van der Waals surface area contributed by atoms with Crippen molar-refractivity contribution in [1.82, 2.24) is 19.9 Å². The highest BCUT2D eigenvalue weighted by Gasteiger charge is 2.38. The van der Waals surface area contributed by atoms with Crippen molar-refractivity contribution >= 4 is 28.5 Å². The average Bonchev–Trinajstić information content (AvgIpc) is 2.96. The summed E-state index contributed by atoms with van der Waals surface area (Å²) in [5.41, 5.74) is 1.93. The van der Waals surface area contributed by atoms with E-state index >= 15 is 0 Å². The fourth-order valence-electron chi connectivity index (χ4n) is 2.75. The van der Waals surface area contributed by atoms with Crippen LogP contribution in [0.5, 0.6) is 0 Å². The average molecular weight is 394 g/mol. The molecule has 1 amide bonds. The highest BCUT2D eigenvalue weighted by atomic mass is 35.5. The molecule has 0 saturated heterocycles. The molecule has 2 aromatic heterocycles. The Morgan fingerprint density at radius 2 is 1.96 bits per heavy atom. The van der Waals surface area contributed by atoms with E-state index in [0.717, 1.165) is 0 Å². The fourth-order valence-corrected chi connectivity index (χ4v) is 2.98. The summed E-state index contributed by atoms with van der Waals surface area (Å²) in [6, 6.07) is 10.9. The molecular weight excluding hydrogens is 383 g/mol. The fraction of sp³-hybridized carbons (Fsp3) is 0.176. The maximum Gasteiger partial charge on any atom is 0.471 e. The predicted molar refractivity (Wildman–Crippen MR) is 91.8 cm³/mol. The zero-order chi connectivity index (χ0) is 19.6. The Morgan fingerprint density at radius 3 is 2.59 bits per heavy atom. The molecule has 0 fully saturated rings. The van der Waals surface area contributed by atoms with Gasteiger partial charge in [0.1, 0.15) is 29.0 Å². The highest BCUT2D eigenvalue weighted by molar-refractivity contribution is 6.34. The predicted octanol–water partition coefficient (Wildman–Crippen LogP) is 3.30. The first-order chi connectivity index (χ1) is 12.8. The van der Waals surface area contributed by atoms with Gasteiger partial charge in [-0.1, -0.05) is 41.9 Å². The van der Waals surface area contributed by atoms with Crippen molar-refractivity contribution in [3.05, 3.63) is 47.4 Å². The second-order valence-corrected chi connectivity index (χ2v) is 5.83. The van der Waals surface area contributed by atoms with Gasteiger partial charge in [-0.15, -0.1) is 0 Å². The number of carbonyl (C=O) groups is 1. The molecule has 0 aliphatic heterocycles. The van der Waals surface area contributed by atoms with Crippen molar-refractivity contribution in [1.29, 1.82) is 5.26 Å². The van der Waals surface area contributed by atoms with Gasteiger partial charge in [-0.25, -0.2) is 9.97 Å². The maximum atomic E-state index is 12.4. The van der Waals surface area contributed by atoms with Gasteiger partial charge in [0.15, 0.2) is 5.15 Å². The van der Waals surface area contributed by atoms with Crippen LogP contribution in [0, 0.1) is 11.3 Å². The number of alkyl halides is 3. The first-order valence-electron chi connectivity index (χ1n) is 7.67. The number of benzene rings is 1. The summed E-state index contributed by atoms with van der Waals surface area (Å²) in [7, 11) is 0. The van der Waals surface area contributed by atoms with Crippen LogP contribution in [0.25, 0.3) is 22.3 Å². The molecule has 1 aromatic carbocycles. The summed E-state index contributed by atoms with van der Waals surface area (Å²) in [6.07, 6.45) is -3.77. The molecule has 27 heavy (non-hydrogen) atoms. The van der Waals surface area contributed by atoms with Gasteiger partial charge in [-0.05, 0) is 5.56 Å². The summed E-state index contributed by atoms with van der Waals surface area (Å²) >= 11 is 6.16. The number of halogens is 4. The van der Waals surface area contributed by atoms with Crippen LogP contribution in [0.15, 0.2) is 36.7 Å². The largest absolute Gasteiger partial charge is 0.471 e. The van der Waals surface area contributed by atoms with Gasteiger partial charge in [0, 0.05) is 13.1 Å². The zero-order valence-electron chi connectivity index (χ0n) is 13.6. The zero-order valence-corrected chi connectivity index (χ0v) is 14.3. The minimum Gasteiger partial charge on any atom is -0.346 e. The van der Waals surface area contributed by atoms with Crippen molar-refractivity contribution in [2.45, 2.75) is 12.7 Å². The van der Waals surface area contributed by atoms with E-state index < -0.39 is 12.1 Å². The molecular formula is C17H11ClF3N5O. The van der Waals surface area contributed by atoms with E-state index in [1.54, 1.807) is 34.9 Å². The SMILES string of the molecule is N#Cc1c(-c2ccccc2)n(CCNC(=O)C(F)(F)F)c2c(Cl)ncnc12. The van der Waals surface area contributed by atoms with E-state index in [1.807, 2.05) is 5.32 Å². The van der Waals surface area contributed by atoms with Crippen LogP contribution in [-0.2, 0) is 11.3 Å². The lowest BCUT2D eigenvalue weighted by atomic mass is 10.1. The maximum absolute atomic E-state index is 12.4. The third-order valence-electron chi connectivity index (χ3n) is 3.83. The Morgan fingerprint density at radius 1 is 1.26 bits per heavy atom. The second kappa shape index (κ2) is 7.25. The lowest BCUT2D eigenvalue weighted by Crippen LogP contribution is -2.38. The van der Waals surface area contributed by atoms with Crippen molar-refractivity contribution < 1.29 is 18.0 Å². The number of amides is 1. The number of carbonyl (C=O) groups excluding carboxylic acids is 1. The summed E-state index contributed by atoms with van der Waals surface area (Å²) in [6.45, 7) is -0.380. The molecule has 0 bridgehead atoms. The van der Waals surface area contributed by atoms with Crippen LogP contribution in [0.1, 0.15) is 5.56 Å². The first kappa shape index (κ1) is 18.7. The second-order valence-electron chi connectivity index (χ2n) is 5.47. The third-order valence-corrected chi connectivity index (χ3v) is 4.11. The molecule has 0 atom stereocenters. The Balaban J connectivity index is 2.10. The van der Waals surface area contributed by atoms with Gasteiger partial charge in [-0.3, -0.25) is 4.79 Å². The molecule has 10 heteroatoms. The number of fused-ring (bicyclic) bond motifs is 1. The molecule has 6 nitrogen and oxygen atoms in total. The number of rotatable bonds is 4. The lowest BCUT2D eigenvalue weighted by Gasteiger charge is -2.13. The van der Waals surface area contributed by atoms with Crippen LogP contribution < -0.4 is 5.32 Å². The lowest BCUT2D eigenvalue weighted by molar-refractivity contribution is -0.173. The first-order valence-corrected chi connectivity index (χ1v) is 8.05. The Labute approximate surface area is 156 Å². The minimum absolute atomic E-state index is 0.0563. The van der Waals surface area contributed by atoms with Crippen LogP contribution in [0.4, 0.5) is 13.2 Å². The van der Waals surface area contributed by atoms with E-state index in [4.69, 9.17) is 11.6 Å². The van der Waals surface area contributed by atoms with E-state index in [2.05, 4.69) is 16.0 Å². The van der Waals surface area contributed by atoms with Crippen LogP contribution in [0.2, 0.25) is 5.15 Å². The molecule has 0 aliphatic rings. The van der Waals surface area contributed by atoms with Crippen LogP contribution in [-0.4, -0.2) is 33.2 Å².